The zero-order valence-corrected chi connectivity index (χ0v) is 14.0. The highest BCUT2D eigenvalue weighted by molar-refractivity contribution is 7.89. The third kappa shape index (κ3) is 3.84. The lowest BCUT2D eigenvalue weighted by Crippen LogP contribution is -2.31. The van der Waals surface area contributed by atoms with E-state index in [1.54, 1.807) is 20.9 Å². The molecule has 0 saturated heterocycles. The first-order valence-corrected chi connectivity index (χ1v) is 8.42. The van der Waals surface area contributed by atoms with E-state index in [9.17, 15) is 8.42 Å². The highest BCUT2D eigenvalue weighted by atomic mass is 32.2. The topological polar surface area (TPSA) is 71.3 Å². The molecule has 0 fully saturated rings. The van der Waals surface area contributed by atoms with Crippen LogP contribution in [0.5, 0.6) is 0 Å². The lowest BCUT2D eigenvalue weighted by Gasteiger charge is -2.16. The van der Waals surface area contributed by atoms with Crippen molar-refractivity contribution in [1.29, 1.82) is 0 Å². The Kier molecular flexibility index (Phi) is 5.79. The molecule has 0 spiro atoms. The largest absolute Gasteiger partial charge is 0.465 e. The van der Waals surface area contributed by atoms with Crippen LogP contribution < -0.4 is 10.0 Å². The third-order valence-corrected chi connectivity index (χ3v) is 5.30. The minimum atomic E-state index is -3.54. The van der Waals surface area contributed by atoms with E-state index in [0.717, 1.165) is 0 Å². The number of sulfonamides is 1. The summed E-state index contributed by atoms with van der Waals surface area (Å²) in [6.45, 7) is 10.6. The van der Waals surface area contributed by atoms with Crippen LogP contribution in [0, 0.1) is 25.7 Å². The van der Waals surface area contributed by atoms with Gasteiger partial charge in [-0.05, 0) is 32.7 Å². The number of aryl methyl sites for hydroxylation is 2. The molecule has 0 radical (unpaired) electrons. The molecule has 5 nitrogen and oxygen atoms in total. The molecule has 116 valence electrons. The zero-order chi connectivity index (χ0) is 15.5. The fourth-order valence-electron chi connectivity index (χ4n) is 1.99. The Morgan fingerprint density at radius 1 is 1.15 bits per heavy atom. The number of rotatable bonds is 7. The lowest BCUT2D eigenvalue weighted by atomic mass is 9.99. The quantitative estimate of drug-likeness (QED) is 0.810. The van der Waals surface area contributed by atoms with Crippen molar-refractivity contribution < 1.29 is 12.8 Å². The molecule has 6 heteroatoms. The monoisotopic (exact) mass is 302 g/mol. The Labute approximate surface area is 122 Å². The molecular formula is C14H26N2O3S. The predicted octanol–water partition coefficient (Wildman–Crippen LogP) is 2.19. The van der Waals surface area contributed by atoms with Gasteiger partial charge in [-0.3, -0.25) is 0 Å². The maximum Gasteiger partial charge on any atom is 0.244 e. The Morgan fingerprint density at radius 2 is 1.75 bits per heavy atom. The molecule has 2 N–H and O–H groups in total. The summed E-state index contributed by atoms with van der Waals surface area (Å²) in [6.07, 6.45) is 0. The van der Waals surface area contributed by atoms with E-state index in [2.05, 4.69) is 23.9 Å². The van der Waals surface area contributed by atoms with E-state index in [-0.39, 0.29) is 10.8 Å². The van der Waals surface area contributed by atoms with Crippen LogP contribution in [-0.4, -0.2) is 22.0 Å². The van der Waals surface area contributed by atoms with Crippen molar-refractivity contribution in [3.63, 3.8) is 0 Å². The van der Waals surface area contributed by atoms with Gasteiger partial charge in [-0.2, -0.15) is 0 Å². The summed E-state index contributed by atoms with van der Waals surface area (Å²) in [5, 5.41) is 2.98. The summed E-state index contributed by atoms with van der Waals surface area (Å²) in [4.78, 5) is 0.278. The van der Waals surface area contributed by atoms with Crippen molar-refractivity contribution in [2.24, 2.45) is 11.8 Å². The van der Waals surface area contributed by atoms with E-state index in [1.807, 2.05) is 6.92 Å². The zero-order valence-electron chi connectivity index (χ0n) is 13.2. The molecule has 20 heavy (non-hydrogen) atoms. The highest BCUT2D eigenvalue weighted by Gasteiger charge is 2.26. The Morgan fingerprint density at radius 3 is 2.25 bits per heavy atom. The van der Waals surface area contributed by atoms with Crippen LogP contribution in [0.15, 0.2) is 9.31 Å². The molecule has 0 aliphatic carbocycles. The van der Waals surface area contributed by atoms with Crippen LogP contribution in [0.25, 0.3) is 0 Å². The second kappa shape index (κ2) is 6.74. The fourth-order valence-corrected chi connectivity index (χ4v) is 3.58. The van der Waals surface area contributed by atoms with Crippen LogP contribution in [0.1, 0.15) is 37.9 Å². The molecule has 0 aliphatic rings. The number of hydrogen-bond acceptors (Lipinski definition) is 4. The molecule has 0 saturated carbocycles. The van der Waals surface area contributed by atoms with Crippen LogP contribution in [-0.2, 0) is 16.6 Å². The van der Waals surface area contributed by atoms with Gasteiger partial charge >= 0.3 is 0 Å². The predicted molar refractivity (Wildman–Crippen MR) is 80.1 cm³/mol. The second-order valence-electron chi connectivity index (χ2n) is 5.63. The van der Waals surface area contributed by atoms with Crippen LogP contribution in [0.4, 0.5) is 0 Å². The Bertz CT molecular complexity index is 547. The molecule has 0 bridgehead atoms. The van der Waals surface area contributed by atoms with Gasteiger partial charge in [-0.25, -0.2) is 13.1 Å². The smallest absolute Gasteiger partial charge is 0.244 e. The standard InChI is InChI=1S/C14H26N2O3S/c1-9(2)10(3)7-16-20(17,18)14-12(5)19-11(4)13(14)8-15-6/h9-10,15-16H,7-8H2,1-6H3. The van der Waals surface area contributed by atoms with Crippen molar-refractivity contribution in [2.75, 3.05) is 13.6 Å². The number of furan rings is 1. The Hall–Kier alpha value is -0.850. The average Bonchev–Trinajstić information content (AvgIpc) is 2.62. The van der Waals surface area contributed by atoms with Crippen molar-refractivity contribution in [3.8, 4) is 0 Å². The maximum atomic E-state index is 12.5. The molecule has 1 unspecified atom stereocenters. The molecular weight excluding hydrogens is 276 g/mol. The van der Waals surface area contributed by atoms with Gasteiger partial charge in [0.15, 0.2) is 0 Å². The molecule has 0 aromatic carbocycles. The van der Waals surface area contributed by atoms with Gasteiger partial charge in [-0.15, -0.1) is 0 Å². The second-order valence-corrected chi connectivity index (χ2v) is 7.33. The van der Waals surface area contributed by atoms with E-state index >= 15 is 0 Å². The molecule has 0 aliphatic heterocycles. The first kappa shape index (κ1) is 17.2. The summed E-state index contributed by atoms with van der Waals surface area (Å²) in [5.41, 5.74) is 0.703. The SMILES string of the molecule is CNCc1c(C)oc(C)c1S(=O)(=O)NCC(C)C(C)C. The van der Waals surface area contributed by atoms with Crippen molar-refractivity contribution in [2.45, 2.75) is 46.1 Å². The first-order chi connectivity index (χ1) is 9.20. The van der Waals surface area contributed by atoms with Gasteiger partial charge in [0.05, 0.1) is 0 Å². The minimum Gasteiger partial charge on any atom is -0.465 e. The summed E-state index contributed by atoms with van der Waals surface area (Å²) in [6, 6.07) is 0. The van der Waals surface area contributed by atoms with Crippen molar-refractivity contribution in [1.82, 2.24) is 10.0 Å². The first-order valence-electron chi connectivity index (χ1n) is 6.93. The van der Waals surface area contributed by atoms with Gasteiger partial charge in [0.2, 0.25) is 10.0 Å². The summed E-state index contributed by atoms with van der Waals surface area (Å²) in [7, 11) is -1.75. The third-order valence-electron chi connectivity index (χ3n) is 3.68. The average molecular weight is 302 g/mol. The van der Waals surface area contributed by atoms with Gasteiger partial charge < -0.3 is 9.73 Å². The normalized spacial score (nSPS) is 13.9. The van der Waals surface area contributed by atoms with Crippen LogP contribution >= 0.6 is 0 Å². The Balaban J connectivity index is 3.03. The molecule has 1 atom stereocenters. The van der Waals surface area contributed by atoms with Gasteiger partial charge in [0.25, 0.3) is 0 Å². The van der Waals surface area contributed by atoms with E-state index < -0.39 is 10.0 Å². The van der Waals surface area contributed by atoms with Crippen LogP contribution in [0.3, 0.4) is 0 Å². The highest BCUT2D eigenvalue weighted by Crippen LogP contribution is 2.26. The summed E-state index contributed by atoms with van der Waals surface area (Å²) < 4.78 is 33.2. The van der Waals surface area contributed by atoms with Crippen molar-refractivity contribution in [3.05, 3.63) is 17.1 Å². The number of hydrogen-bond donors (Lipinski definition) is 2. The van der Waals surface area contributed by atoms with E-state index in [1.165, 1.54) is 0 Å². The summed E-state index contributed by atoms with van der Waals surface area (Å²) >= 11 is 0. The molecule has 1 aromatic heterocycles. The number of nitrogens with one attached hydrogen (secondary N) is 2. The van der Waals surface area contributed by atoms with Crippen molar-refractivity contribution >= 4 is 10.0 Å². The molecule has 1 rings (SSSR count). The molecule has 1 aromatic rings. The van der Waals surface area contributed by atoms with E-state index in [0.29, 0.717) is 36.1 Å². The lowest BCUT2D eigenvalue weighted by molar-refractivity contribution is 0.414. The van der Waals surface area contributed by atoms with Crippen LogP contribution in [0.2, 0.25) is 0 Å². The fraction of sp³-hybridized carbons (Fsp3) is 0.714. The summed E-state index contributed by atoms with van der Waals surface area (Å²) in [5.74, 6) is 1.80. The van der Waals surface area contributed by atoms with Gasteiger partial charge in [0.1, 0.15) is 16.4 Å². The van der Waals surface area contributed by atoms with Gasteiger partial charge in [0, 0.05) is 18.7 Å². The molecule has 0 amide bonds. The van der Waals surface area contributed by atoms with E-state index in [4.69, 9.17) is 4.42 Å². The minimum absolute atomic E-state index is 0.278. The maximum absolute atomic E-state index is 12.5. The molecule has 1 heterocycles. The van der Waals surface area contributed by atoms with Gasteiger partial charge in [-0.1, -0.05) is 20.8 Å².